The molecule has 0 bridgehead atoms. The van der Waals surface area contributed by atoms with Crippen LogP contribution < -0.4 is 4.72 Å². The van der Waals surface area contributed by atoms with E-state index in [1.165, 1.54) is 25.4 Å². The fraction of sp³-hybridized carbons (Fsp3) is 0.231. The van der Waals surface area contributed by atoms with Crippen molar-refractivity contribution in [3.8, 4) is 0 Å². The van der Waals surface area contributed by atoms with Crippen LogP contribution in [0.1, 0.15) is 29.1 Å². The van der Waals surface area contributed by atoms with Gasteiger partial charge in [-0.1, -0.05) is 12.1 Å². The second-order valence-electron chi connectivity index (χ2n) is 4.31. The van der Waals surface area contributed by atoms with Crippen molar-refractivity contribution in [2.75, 3.05) is 7.11 Å². The fourth-order valence-corrected chi connectivity index (χ4v) is 3.25. The summed E-state index contributed by atoms with van der Waals surface area (Å²) >= 11 is 0. The Balaban J connectivity index is 2.34. The summed E-state index contributed by atoms with van der Waals surface area (Å²) in [5.41, 5.74) is -0.0147. The quantitative estimate of drug-likeness (QED) is 0.809. The maximum atomic E-state index is 12.4. The molecule has 2 rings (SSSR count). The number of imidazole rings is 1. The topological polar surface area (TPSA) is 101 Å². The van der Waals surface area contributed by atoms with Crippen molar-refractivity contribution in [3.05, 3.63) is 48.0 Å². The summed E-state index contributed by atoms with van der Waals surface area (Å²) in [6.07, 6.45) is 3.13. The lowest BCUT2D eigenvalue weighted by Crippen LogP contribution is -2.29. The summed E-state index contributed by atoms with van der Waals surface area (Å²) in [6, 6.07) is 5.30. The van der Waals surface area contributed by atoms with Crippen LogP contribution in [0.4, 0.5) is 0 Å². The van der Waals surface area contributed by atoms with Crippen LogP contribution in [0.5, 0.6) is 0 Å². The van der Waals surface area contributed by atoms with Gasteiger partial charge in [0.1, 0.15) is 5.82 Å². The smallest absolute Gasteiger partial charge is 0.339 e. The van der Waals surface area contributed by atoms with Gasteiger partial charge in [-0.15, -0.1) is 0 Å². The van der Waals surface area contributed by atoms with E-state index < -0.39 is 22.0 Å². The highest BCUT2D eigenvalue weighted by Gasteiger charge is 2.25. The molecule has 1 heterocycles. The Kier molecular flexibility index (Phi) is 4.39. The molecule has 0 aliphatic heterocycles. The number of H-pyrrole nitrogens is 1. The van der Waals surface area contributed by atoms with Crippen molar-refractivity contribution in [2.24, 2.45) is 0 Å². The highest BCUT2D eigenvalue weighted by molar-refractivity contribution is 7.89. The van der Waals surface area contributed by atoms with Gasteiger partial charge in [-0.3, -0.25) is 0 Å². The first-order valence-corrected chi connectivity index (χ1v) is 7.63. The predicted octanol–water partition coefficient (Wildman–Crippen LogP) is 1.24. The maximum Gasteiger partial charge on any atom is 0.339 e. The van der Waals surface area contributed by atoms with E-state index >= 15 is 0 Å². The lowest BCUT2D eigenvalue weighted by Gasteiger charge is -2.14. The molecule has 0 aliphatic rings. The number of carbonyl (C=O) groups excluding carboxylic acids is 1. The standard InChI is InChI=1S/C13H15N3O4S/c1-9(12-14-7-8-15-12)16-21(18,19)11-6-4-3-5-10(11)13(17)20-2/h3-9,16H,1-2H3,(H,14,15). The minimum Gasteiger partial charge on any atom is -0.465 e. The summed E-state index contributed by atoms with van der Waals surface area (Å²) in [5, 5.41) is 0. The molecular weight excluding hydrogens is 294 g/mol. The van der Waals surface area contributed by atoms with E-state index in [1.807, 2.05) is 0 Å². The molecule has 2 N–H and O–H groups in total. The van der Waals surface area contributed by atoms with Crippen molar-refractivity contribution in [3.63, 3.8) is 0 Å². The van der Waals surface area contributed by atoms with Gasteiger partial charge in [0.2, 0.25) is 10.0 Å². The fourth-order valence-electron chi connectivity index (χ4n) is 1.85. The molecule has 0 aliphatic carbocycles. The van der Waals surface area contributed by atoms with Crippen LogP contribution in [0.3, 0.4) is 0 Å². The third-order valence-electron chi connectivity index (χ3n) is 2.84. The predicted molar refractivity (Wildman–Crippen MR) is 75.1 cm³/mol. The Bertz CT molecular complexity index is 726. The average Bonchev–Trinajstić information content (AvgIpc) is 3.00. The first-order valence-electron chi connectivity index (χ1n) is 6.14. The molecule has 1 unspecified atom stereocenters. The van der Waals surface area contributed by atoms with E-state index in [0.717, 1.165) is 0 Å². The van der Waals surface area contributed by atoms with Crippen LogP contribution in [-0.2, 0) is 14.8 Å². The SMILES string of the molecule is COC(=O)c1ccccc1S(=O)(=O)NC(C)c1ncc[nH]1. The summed E-state index contributed by atoms with van der Waals surface area (Å²) in [5.74, 6) is -0.226. The minimum absolute atomic E-state index is 0.0147. The molecule has 112 valence electrons. The summed E-state index contributed by atoms with van der Waals surface area (Å²) < 4.78 is 31.9. The van der Waals surface area contributed by atoms with Gasteiger partial charge in [0.15, 0.2) is 0 Å². The van der Waals surface area contributed by atoms with E-state index in [1.54, 1.807) is 25.3 Å². The Hall–Kier alpha value is -2.19. The van der Waals surface area contributed by atoms with Gasteiger partial charge in [-0.2, -0.15) is 0 Å². The normalized spacial score (nSPS) is 12.9. The number of nitrogens with one attached hydrogen (secondary N) is 2. The number of sulfonamides is 1. The van der Waals surface area contributed by atoms with Gasteiger partial charge in [-0.25, -0.2) is 22.9 Å². The molecule has 1 atom stereocenters. The van der Waals surface area contributed by atoms with Crippen molar-refractivity contribution in [1.29, 1.82) is 0 Å². The molecule has 21 heavy (non-hydrogen) atoms. The lowest BCUT2D eigenvalue weighted by atomic mass is 10.2. The zero-order valence-electron chi connectivity index (χ0n) is 11.5. The number of ether oxygens (including phenoxy) is 1. The zero-order chi connectivity index (χ0) is 15.5. The van der Waals surface area contributed by atoms with Crippen LogP contribution in [0.2, 0.25) is 0 Å². The highest BCUT2D eigenvalue weighted by atomic mass is 32.2. The molecule has 0 spiro atoms. The van der Waals surface area contributed by atoms with Gasteiger partial charge < -0.3 is 9.72 Å². The Morgan fingerprint density at radius 1 is 1.38 bits per heavy atom. The highest BCUT2D eigenvalue weighted by Crippen LogP contribution is 2.19. The molecule has 0 fully saturated rings. The Labute approximate surface area is 122 Å². The van der Waals surface area contributed by atoms with Gasteiger partial charge in [0, 0.05) is 12.4 Å². The monoisotopic (exact) mass is 309 g/mol. The number of hydrogen-bond donors (Lipinski definition) is 2. The van der Waals surface area contributed by atoms with E-state index in [2.05, 4.69) is 19.4 Å². The van der Waals surface area contributed by atoms with Crippen LogP contribution in [0.25, 0.3) is 0 Å². The summed E-state index contributed by atoms with van der Waals surface area (Å²) in [4.78, 5) is 18.4. The van der Waals surface area contributed by atoms with Crippen molar-refractivity contribution in [2.45, 2.75) is 17.9 Å². The molecule has 0 amide bonds. The molecule has 7 nitrogen and oxygen atoms in total. The molecular formula is C13H15N3O4S. The van der Waals surface area contributed by atoms with Gasteiger partial charge in [0.05, 0.1) is 23.6 Å². The number of nitrogens with zero attached hydrogens (tertiary/aromatic N) is 1. The lowest BCUT2D eigenvalue weighted by molar-refractivity contribution is 0.0596. The van der Waals surface area contributed by atoms with Crippen molar-refractivity contribution < 1.29 is 17.9 Å². The third-order valence-corrected chi connectivity index (χ3v) is 4.44. The van der Waals surface area contributed by atoms with Gasteiger partial charge in [0.25, 0.3) is 0 Å². The molecule has 1 aromatic carbocycles. The molecule has 1 aromatic heterocycles. The number of esters is 1. The zero-order valence-corrected chi connectivity index (χ0v) is 12.3. The van der Waals surface area contributed by atoms with Crippen LogP contribution in [-0.4, -0.2) is 31.5 Å². The first kappa shape index (κ1) is 15.2. The number of aromatic amines is 1. The Morgan fingerprint density at radius 2 is 2.10 bits per heavy atom. The average molecular weight is 309 g/mol. The largest absolute Gasteiger partial charge is 0.465 e. The molecule has 2 aromatic rings. The van der Waals surface area contributed by atoms with E-state index in [4.69, 9.17) is 0 Å². The first-order chi connectivity index (χ1) is 9.95. The number of benzene rings is 1. The van der Waals surface area contributed by atoms with Crippen molar-refractivity contribution in [1.82, 2.24) is 14.7 Å². The van der Waals surface area contributed by atoms with Gasteiger partial charge in [-0.05, 0) is 19.1 Å². The maximum absolute atomic E-state index is 12.4. The summed E-state index contributed by atoms with van der Waals surface area (Å²) in [6.45, 7) is 1.65. The Morgan fingerprint density at radius 3 is 2.71 bits per heavy atom. The second-order valence-corrected chi connectivity index (χ2v) is 5.99. The second kappa shape index (κ2) is 6.06. The molecule has 0 saturated carbocycles. The minimum atomic E-state index is -3.88. The van der Waals surface area contributed by atoms with Crippen LogP contribution in [0.15, 0.2) is 41.6 Å². The number of rotatable bonds is 5. The molecule has 0 radical (unpaired) electrons. The number of carbonyl (C=O) groups is 1. The number of methoxy groups -OCH3 is 1. The third kappa shape index (κ3) is 3.29. The van der Waals surface area contributed by atoms with E-state index in [9.17, 15) is 13.2 Å². The van der Waals surface area contributed by atoms with E-state index in [-0.39, 0.29) is 10.5 Å². The number of hydrogen-bond acceptors (Lipinski definition) is 5. The van der Waals surface area contributed by atoms with Gasteiger partial charge >= 0.3 is 5.97 Å². The summed E-state index contributed by atoms with van der Waals surface area (Å²) in [7, 11) is -2.68. The molecule has 0 saturated heterocycles. The molecule has 8 heteroatoms. The van der Waals surface area contributed by atoms with Crippen LogP contribution >= 0.6 is 0 Å². The van der Waals surface area contributed by atoms with Crippen molar-refractivity contribution >= 4 is 16.0 Å². The number of aromatic nitrogens is 2. The van der Waals surface area contributed by atoms with Crippen LogP contribution in [0, 0.1) is 0 Å². The van der Waals surface area contributed by atoms with E-state index in [0.29, 0.717) is 5.82 Å².